The number of nitrogens with two attached hydrogens (primary N) is 1. The first kappa shape index (κ1) is 17.8. The first-order valence-corrected chi connectivity index (χ1v) is 10.4. The molecule has 9 heteroatoms. The lowest BCUT2D eigenvalue weighted by atomic mass is 10.1. The summed E-state index contributed by atoms with van der Waals surface area (Å²) >= 11 is 0. The predicted octanol–water partition coefficient (Wildman–Crippen LogP) is 3.53. The minimum Gasteiger partial charge on any atom is -0.397 e. The van der Waals surface area contributed by atoms with Gasteiger partial charge in [-0.1, -0.05) is 0 Å². The van der Waals surface area contributed by atoms with Crippen LogP contribution in [0.3, 0.4) is 0 Å². The van der Waals surface area contributed by atoms with Crippen LogP contribution in [0.1, 0.15) is 19.3 Å². The standard InChI is InChI=1S/C22H21N9/c23-15-8-13(10-24-12-15)14-9-16-18(29-30-20(16)26-11-14)21-27-17-4-5-25-22(19(17)28-21)31-6-2-1-3-7-31/h4-5,8-12H,1-3,6-7,23H2,(H,27,28)(H,26,29,30). The van der Waals surface area contributed by atoms with Crippen molar-refractivity contribution in [3.05, 3.63) is 43.0 Å². The maximum atomic E-state index is 5.90. The van der Waals surface area contributed by atoms with Gasteiger partial charge in [0.25, 0.3) is 0 Å². The number of fused-ring (bicyclic) bond motifs is 2. The Hall–Kier alpha value is -4.01. The lowest BCUT2D eigenvalue weighted by Crippen LogP contribution is -2.30. The van der Waals surface area contributed by atoms with Crippen molar-refractivity contribution in [2.24, 2.45) is 0 Å². The van der Waals surface area contributed by atoms with Gasteiger partial charge in [0, 0.05) is 49.0 Å². The molecular weight excluding hydrogens is 390 g/mol. The molecule has 6 rings (SSSR count). The number of hydrogen-bond acceptors (Lipinski definition) is 7. The second kappa shape index (κ2) is 7.05. The van der Waals surface area contributed by atoms with E-state index in [0.29, 0.717) is 17.2 Å². The van der Waals surface area contributed by atoms with Crippen molar-refractivity contribution in [1.29, 1.82) is 0 Å². The quantitative estimate of drug-likeness (QED) is 0.415. The topological polar surface area (TPSA) is 125 Å². The van der Waals surface area contributed by atoms with Gasteiger partial charge in [-0.25, -0.2) is 15.0 Å². The van der Waals surface area contributed by atoms with Crippen LogP contribution in [0, 0.1) is 0 Å². The van der Waals surface area contributed by atoms with Crippen LogP contribution in [0.4, 0.5) is 11.5 Å². The summed E-state index contributed by atoms with van der Waals surface area (Å²) in [5.74, 6) is 1.63. The molecule has 4 N–H and O–H groups in total. The molecule has 0 atom stereocenters. The molecule has 9 nitrogen and oxygen atoms in total. The number of imidazole rings is 1. The van der Waals surface area contributed by atoms with Crippen molar-refractivity contribution in [2.75, 3.05) is 23.7 Å². The monoisotopic (exact) mass is 411 g/mol. The zero-order chi connectivity index (χ0) is 20.8. The van der Waals surface area contributed by atoms with E-state index in [2.05, 4.69) is 35.0 Å². The third-order valence-corrected chi connectivity index (χ3v) is 5.77. The zero-order valence-electron chi connectivity index (χ0n) is 16.8. The molecule has 5 aromatic heterocycles. The van der Waals surface area contributed by atoms with Gasteiger partial charge in [0.1, 0.15) is 11.2 Å². The molecule has 1 aliphatic rings. The molecule has 0 unspecified atom stereocenters. The lowest BCUT2D eigenvalue weighted by molar-refractivity contribution is 0.574. The number of anilines is 2. The van der Waals surface area contributed by atoms with Crippen molar-refractivity contribution in [2.45, 2.75) is 19.3 Å². The minimum absolute atomic E-state index is 0.611. The van der Waals surface area contributed by atoms with Crippen LogP contribution in [-0.4, -0.2) is 48.2 Å². The van der Waals surface area contributed by atoms with E-state index in [1.165, 1.54) is 19.3 Å². The average Bonchev–Trinajstić information content (AvgIpc) is 3.43. The Morgan fingerprint density at radius 1 is 0.968 bits per heavy atom. The molecule has 1 aliphatic heterocycles. The van der Waals surface area contributed by atoms with E-state index in [1.807, 2.05) is 24.4 Å². The smallest absolute Gasteiger partial charge is 0.159 e. The first-order chi connectivity index (χ1) is 15.3. The molecule has 154 valence electrons. The fraction of sp³-hybridized carbons (Fsp3) is 0.227. The van der Waals surface area contributed by atoms with Crippen molar-refractivity contribution in [1.82, 2.24) is 35.1 Å². The number of aromatic amines is 2. The van der Waals surface area contributed by atoms with Crippen LogP contribution in [0.5, 0.6) is 0 Å². The van der Waals surface area contributed by atoms with E-state index >= 15 is 0 Å². The van der Waals surface area contributed by atoms with Crippen molar-refractivity contribution in [3.63, 3.8) is 0 Å². The van der Waals surface area contributed by atoms with E-state index in [1.54, 1.807) is 18.6 Å². The van der Waals surface area contributed by atoms with Crippen LogP contribution in [0.2, 0.25) is 0 Å². The van der Waals surface area contributed by atoms with Gasteiger partial charge < -0.3 is 15.6 Å². The molecule has 0 aliphatic carbocycles. The van der Waals surface area contributed by atoms with Crippen LogP contribution in [-0.2, 0) is 0 Å². The van der Waals surface area contributed by atoms with E-state index < -0.39 is 0 Å². The molecule has 31 heavy (non-hydrogen) atoms. The average molecular weight is 411 g/mol. The summed E-state index contributed by atoms with van der Waals surface area (Å²) in [6.07, 6.45) is 10.7. The summed E-state index contributed by atoms with van der Waals surface area (Å²) in [7, 11) is 0. The summed E-state index contributed by atoms with van der Waals surface area (Å²) in [4.78, 5) is 24.0. The van der Waals surface area contributed by atoms with Crippen LogP contribution in [0.15, 0.2) is 43.0 Å². The largest absolute Gasteiger partial charge is 0.397 e. The Morgan fingerprint density at radius 3 is 2.71 bits per heavy atom. The number of rotatable bonds is 3. The van der Waals surface area contributed by atoms with E-state index in [4.69, 9.17) is 10.7 Å². The summed E-state index contributed by atoms with van der Waals surface area (Å²) in [5.41, 5.74) is 11.6. The zero-order valence-corrected chi connectivity index (χ0v) is 16.8. The summed E-state index contributed by atoms with van der Waals surface area (Å²) in [6, 6.07) is 5.87. The highest BCUT2D eigenvalue weighted by atomic mass is 15.2. The Labute approximate surface area is 177 Å². The van der Waals surface area contributed by atoms with Gasteiger partial charge in [-0.15, -0.1) is 0 Å². The van der Waals surface area contributed by atoms with Gasteiger partial charge in [-0.05, 0) is 37.5 Å². The number of pyridine rings is 3. The number of nitrogens with one attached hydrogen (secondary N) is 2. The Balaban J connectivity index is 1.46. The number of aromatic nitrogens is 7. The maximum absolute atomic E-state index is 5.90. The molecule has 0 bridgehead atoms. The van der Waals surface area contributed by atoms with Crippen molar-refractivity contribution >= 4 is 33.6 Å². The SMILES string of the molecule is Nc1cncc(-c2cnc3[nH]nc(-c4nc5c(N6CCCCC6)nccc5[nH]4)c3c2)c1. The number of piperidine rings is 1. The maximum Gasteiger partial charge on any atom is 0.159 e. The number of nitrogen functional groups attached to an aromatic ring is 1. The predicted molar refractivity (Wildman–Crippen MR) is 120 cm³/mol. The summed E-state index contributed by atoms with van der Waals surface area (Å²) in [6.45, 7) is 2.03. The number of hydrogen-bond donors (Lipinski definition) is 3. The van der Waals surface area contributed by atoms with Crippen molar-refractivity contribution < 1.29 is 0 Å². The molecular formula is C22H21N9. The van der Waals surface area contributed by atoms with Gasteiger partial charge in [0.15, 0.2) is 17.3 Å². The molecule has 5 aromatic rings. The van der Waals surface area contributed by atoms with Gasteiger partial charge >= 0.3 is 0 Å². The fourth-order valence-corrected chi connectivity index (χ4v) is 4.23. The van der Waals surface area contributed by atoms with E-state index in [-0.39, 0.29) is 0 Å². The van der Waals surface area contributed by atoms with Gasteiger partial charge in [-0.2, -0.15) is 5.10 Å². The highest BCUT2D eigenvalue weighted by molar-refractivity contribution is 5.95. The molecule has 0 amide bonds. The van der Waals surface area contributed by atoms with Gasteiger partial charge in [-0.3, -0.25) is 10.1 Å². The first-order valence-electron chi connectivity index (χ1n) is 10.4. The van der Waals surface area contributed by atoms with E-state index in [9.17, 15) is 0 Å². The summed E-state index contributed by atoms with van der Waals surface area (Å²) < 4.78 is 0. The highest BCUT2D eigenvalue weighted by Crippen LogP contribution is 2.31. The van der Waals surface area contributed by atoms with Gasteiger partial charge in [0.2, 0.25) is 0 Å². The van der Waals surface area contributed by atoms with Crippen LogP contribution >= 0.6 is 0 Å². The van der Waals surface area contributed by atoms with Crippen LogP contribution in [0.25, 0.3) is 44.7 Å². The molecule has 0 spiro atoms. The fourth-order valence-electron chi connectivity index (χ4n) is 4.23. The molecule has 6 heterocycles. The molecule has 1 fully saturated rings. The molecule has 1 saturated heterocycles. The Bertz CT molecular complexity index is 1390. The third kappa shape index (κ3) is 3.05. The second-order valence-electron chi connectivity index (χ2n) is 7.86. The highest BCUT2D eigenvalue weighted by Gasteiger charge is 2.20. The number of H-pyrrole nitrogens is 2. The van der Waals surface area contributed by atoms with Gasteiger partial charge in [0.05, 0.1) is 16.6 Å². The molecule has 0 saturated carbocycles. The normalized spacial score (nSPS) is 14.5. The Morgan fingerprint density at radius 2 is 1.84 bits per heavy atom. The lowest BCUT2D eigenvalue weighted by Gasteiger charge is -2.27. The summed E-state index contributed by atoms with van der Waals surface area (Å²) in [5, 5.41) is 8.39. The third-order valence-electron chi connectivity index (χ3n) is 5.77. The molecule has 0 aromatic carbocycles. The number of nitrogens with zero attached hydrogens (tertiary/aromatic N) is 6. The van der Waals surface area contributed by atoms with Crippen molar-refractivity contribution in [3.8, 4) is 22.6 Å². The second-order valence-corrected chi connectivity index (χ2v) is 7.86. The minimum atomic E-state index is 0.611. The van der Waals surface area contributed by atoms with Crippen LogP contribution < -0.4 is 10.6 Å². The Kier molecular flexibility index (Phi) is 4.05. The molecule has 0 radical (unpaired) electrons. The van der Waals surface area contributed by atoms with E-state index in [0.717, 1.165) is 52.1 Å².